The molecule has 12 heteroatoms. The maximum atomic E-state index is 13.3. The molecule has 0 fully saturated rings. The Hall–Kier alpha value is -3.60. The molecule has 2 N–H and O–H groups in total. The van der Waals surface area contributed by atoms with E-state index in [2.05, 4.69) is 5.10 Å². The minimum Gasteiger partial charge on any atom is -0.480 e. The second-order valence-corrected chi connectivity index (χ2v) is 8.03. The molecule has 34 heavy (non-hydrogen) atoms. The summed E-state index contributed by atoms with van der Waals surface area (Å²) in [6, 6.07) is 7.82. The van der Waals surface area contributed by atoms with E-state index in [1.165, 1.54) is 21.7 Å². The van der Waals surface area contributed by atoms with Crippen molar-refractivity contribution < 1.29 is 31.9 Å². The number of hydrogen-bond donors (Lipinski definition) is 1. The number of hydrogen-bond acceptors (Lipinski definition) is 4. The number of rotatable bonds is 5. The molecule has 7 nitrogen and oxygen atoms in total. The molecule has 0 radical (unpaired) electrons. The summed E-state index contributed by atoms with van der Waals surface area (Å²) in [5.41, 5.74) is 6.51. The maximum Gasteiger partial charge on any atom is 0.425 e. The first-order valence-electron chi connectivity index (χ1n) is 9.94. The lowest BCUT2D eigenvalue weighted by molar-refractivity contribution is -0.189. The summed E-state index contributed by atoms with van der Waals surface area (Å²) in [6.07, 6.45) is -5.26. The molecule has 1 aliphatic rings. The molecule has 3 aromatic rings. The van der Waals surface area contributed by atoms with E-state index < -0.39 is 46.2 Å². The zero-order chi connectivity index (χ0) is 24.8. The minimum absolute atomic E-state index is 0.0355. The second kappa shape index (κ2) is 8.64. The average molecular weight is 497 g/mol. The molecular weight excluding hydrogens is 480 g/mol. The molecule has 1 aromatic heterocycles. The van der Waals surface area contributed by atoms with Crippen LogP contribution in [0.25, 0.3) is 5.69 Å². The van der Waals surface area contributed by atoms with Crippen LogP contribution in [0.1, 0.15) is 38.9 Å². The van der Waals surface area contributed by atoms with Crippen molar-refractivity contribution in [3.05, 3.63) is 75.8 Å². The zero-order valence-electron chi connectivity index (χ0n) is 17.6. The third-order valence-electron chi connectivity index (χ3n) is 5.31. The quantitative estimate of drug-likeness (QED) is 0.535. The van der Waals surface area contributed by atoms with Gasteiger partial charge in [0.15, 0.2) is 6.10 Å². The molecule has 0 spiro atoms. The molecule has 0 bridgehead atoms. The number of fused-ring (bicyclic) bond motifs is 1. The fraction of sp³-hybridized carbons (Fsp3) is 0.227. The topological polar surface area (TPSA) is 90.5 Å². The van der Waals surface area contributed by atoms with Crippen molar-refractivity contribution in [2.75, 3.05) is 0 Å². The predicted molar refractivity (Wildman–Crippen MR) is 113 cm³/mol. The third kappa shape index (κ3) is 4.43. The average Bonchev–Trinajstić information content (AvgIpc) is 3.32. The number of ether oxygens (including phenoxy) is 1. The Morgan fingerprint density at radius 2 is 1.82 bits per heavy atom. The third-order valence-corrected chi connectivity index (χ3v) is 5.70. The van der Waals surface area contributed by atoms with Gasteiger partial charge in [0.2, 0.25) is 5.91 Å². The Morgan fingerprint density at radius 3 is 2.41 bits per heavy atom. The molecule has 0 saturated heterocycles. The highest BCUT2D eigenvalue weighted by Crippen LogP contribution is 2.36. The van der Waals surface area contributed by atoms with Crippen molar-refractivity contribution in [2.24, 2.45) is 5.73 Å². The molecule has 2 heterocycles. The van der Waals surface area contributed by atoms with Crippen LogP contribution in [-0.4, -0.2) is 38.8 Å². The van der Waals surface area contributed by atoms with Crippen LogP contribution >= 0.6 is 11.6 Å². The van der Waals surface area contributed by atoms with Gasteiger partial charge in [0.05, 0.1) is 28.5 Å². The Bertz CT molecular complexity index is 1250. The smallest absolute Gasteiger partial charge is 0.425 e. The van der Waals surface area contributed by atoms with Crippen LogP contribution in [0.2, 0.25) is 5.02 Å². The van der Waals surface area contributed by atoms with Gasteiger partial charge >= 0.3 is 6.18 Å². The lowest BCUT2D eigenvalue weighted by Crippen LogP contribution is -2.33. The molecule has 1 aliphatic heterocycles. The fourth-order valence-corrected chi connectivity index (χ4v) is 3.81. The lowest BCUT2D eigenvalue weighted by Gasteiger charge is -2.23. The van der Waals surface area contributed by atoms with Crippen LogP contribution in [0.4, 0.5) is 17.6 Å². The van der Waals surface area contributed by atoms with Crippen LogP contribution in [-0.2, 0) is 13.1 Å². The first kappa shape index (κ1) is 23.6. The molecule has 0 aliphatic carbocycles. The lowest BCUT2D eigenvalue weighted by atomic mass is 10.1. The summed E-state index contributed by atoms with van der Waals surface area (Å²) in [4.78, 5) is 26.3. The van der Waals surface area contributed by atoms with Crippen molar-refractivity contribution in [2.45, 2.75) is 32.3 Å². The van der Waals surface area contributed by atoms with E-state index in [1.54, 1.807) is 18.3 Å². The summed E-state index contributed by atoms with van der Waals surface area (Å²) < 4.78 is 58.9. The van der Waals surface area contributed by atoms with Gasteiger partial charge in [-0.2, -0.15) is 18.3 Å². The van der Waals surface area contributed by atoms with Gasteiger partial charge in [0.1, 0.15) is 17.1 Å². The molecule has 1 atom stereocenters. The van der Waals surface area contributed by atoms with Gasteiger partial charge in [-0.25, -0.2) is 9.07 Å². The Labute approximate surface area is 195 Å². The standard InChI is InChI=1S/C22H17ClF4N4O3/c1-11(22(25,26)27)34-17-7-6-15(20(28)32)19(23)18(17)21(33)30-8-12-9-31(29-16(12)10-30)14-4-2-13(24)3-5-14/h2-7,9,11H,8,10H2,1H3,(H2,28,32). The van der Waals surface area contributed by atoms with Crippen LogP contribution < -0.4 is 10.5 Å². The normalized spacial score (nSPS) is 14.1. The van der Waals surface area contributed by atoms with E-state index in [0.717, 1.165) is 19.1 Å². The molecule has 178 valence electrons. The van der Waals surface area contributed by atoms with E-state index in [1.807, 2.05) is 0 Å². The van der Waals surface area contributed by atoms with Crippen molar-refractivity contribution in [1.29, 1.82) is 0 Å². The number of benzene rings is 2. The van der Waals surface area contributed by atoms with Crippen LogP contribution in [0.15, 0.2) is 42.6 Å². The summed E-state index contributed by atoms with van der Waals surface area (Å²) >= 11 is 6.22. The zero-order valence-corrected chi connectivity index (χ0v) is 18.3. The summed E-state index contributed by atoms with van der Waals surface area (Å²) in [5.74, 6) is -2.52. The predicted octanol–water partition coefficient (Wildman–Crippen LogP) is 4.25. The molecule has 1 unspecified atom stereocenters. The van der Waals surface area contributed by atoms with Gasteiger partial charge in [0.25, 0.3) is 5.91 Å². The number of nitrogens with zero attached hydrogens (tertiary/aromatic N) is 3. The summed E-state index contributed by atoms with van der Waals surface area (Å²) in [7, 11) is 0. The molecule has 0 saturated carbocycles. The Kier molecular flexibility index (Phi) is 5.98. The first-order valence-corrected chi connectivity index (χ1v) is 10.3. The molecule has 2 amide bonds. The van der Waals surface area contributed by atoms with Crippen molar-refractivity contribution in [1.82, 2.24) is 14.7 Å². The van der Waals surface area contributed by atoms with E-state index in [9.17, 15) is 27.2 Å². The van der Waals surface area contributed by atoms with Crippen LogP contribution in [0.5, 0.6) is 5.75 Å². The largest absolute Gasteiger partial charge is 0.480 e. The summed E-state index contributed by atoms with van der Waals surface area (Å²) in [6.45, 7) is 0.905. The van der Waals surface area contributed by atoms with E-state index in [-0.39, 0.29) is 18.7 Å². The van der Waals surface area contributed by atoms with Gasteiger partial charge < -0.3 is 15.4 Å². The van der Waals surface area contributed by atoms with Gasteiger partial charge in [-0.05, 0) is 43.3 Å². The van der Waals surface area contributed by atoms with Crippen molar-refractivity contribution in [3.8, 4) is 11.4 Å². The minimum atomic E-state index is -4.69. The number of primary amides is 1. The highest BCUT2D eigenvalue weighted by molar-refractivity contribution is 6.37. The molecule has 4 rings (SSSR count). The fourth-order valence-electron chi connectivity index (χ4n) is 3.48. The van der Waals surface area contributed by atoms with E-state index in [4.69, 9.17) is 22.1 Å². The van der Waals surface area contributed by atoms with Gasteiger partial charge in [-0.3, -0.25) is 9.59 Å². The van der Waals surface area contributed by atoms with Gasteiger partial charge in [-0.1, -0.05) is 11.6 Å². The highest BCUT2D eigenvalue weighted by atomic mass is 35.5. The number of carbonyl (C=O) groups excluding carboxylic acids is 2. The number of nitrogens with two attached hydrogens (primary N) is 1. The number of amides is 2. The highest BCUT2D eigenvalue weighted by Gasteiger charge is 2.40. The van der Waals surface area contributed by atoms with E-state index in [0.29, 0.717) is 16.9 Å². The van der Waals surface area contributed by atoms with Gasteiger partial charge in [-0.15, -0.1) is 0 Å². The van der Waals surface area contributed by atoms with Crippen molar-refractivity contribution in [3.63, 3.8) is 0 Å². The summed E-state index contributed by atoms with van der Waals surface area (Å²) in [5, 5.41) is 4.00. The van der Waals surface area contributed by atoms with Gasteiger partial charge in [0, 0.05) is 18.3 Å². The van der Waals surface area contributed by atoms with E-state index >= 15 is 0 Å². The van der Waals surface area contributed by atoms with Crippen LogP contribution in [0, 0.1) is 5.82 Å². The molecule has 2 aromatic carbocycles. The SMILES string of the molecule is CC(Oc1ccc(C(N)=O)c(Cl)c1C(=O)N1Cc2cn(-c3ccc(F)cc3)nc2C1)C(F)(F)F. The van der Waals surface area contributed by atoms with Crippen LogP contribution in [0.3, 0.4) is 0 Å². The number of carbonyl (C=O) groups is 2. The number of halogens is 5. The first-order chi connectivity index (χ1) is 16.0. The monoisotopic (exact) mass is 496 g/mol. The Balaban J connectivity index is 1.63. The number of aromatic nitrogens is 2. The Morgan fingerprint density at radius 1 is 1.15 bits per heavy atom. The second-order valence-electron chi connectivity index (χ2n) is 7.65. The molecular formula is C22H17ClF4N4O3. The number of alkyl halides is 3. The van der Waals surface area contributed by atoms with Crippen molar-refractivity contribution >= 4 is 23.4 Å². The maximum absolute atomic E-state index is 13.3.